The summed E-state index contributed by atoms with van der Waals surface area (Å²) in [5.41, 5.74) is 0.779. The average molecular weight is 559 g/mol. The summed E-state index contributed by atoms with van der Waals surface area (Å²) in [6.45, 7) is 2.32. The number of hydrogen-bond acceptors (Lipinski definition) is 7. The van der Waals surface area contributed by atoms with Crippen molar-refractivity contribution in [1.29, 1.82) is 0 Å². The number of hydrogen-bond donors (Lipinski definition) is 3. The number of H-pyrrole nitrogens is 1. The van der Waals surface area contributed by atoms with Crippen LogP contribution in [0.5, 0.6) is 0 Å². The van der Waals surface area contributed by atoms with Gasteiger partial charge < -0.3 is 15.2 Å². The molecule has 4 heterocycles. The molecule has 5 rings (SSSR count). The molecule has 0 aliphatic heterocycles. The van der Waals surface area contributed by atoms with Gasteiger partial charge in [-0.05, 0) is 31.9 Å². The predicted octanol–water partition coefficient (Wildman–Crippen LogP) is 3.82. The van der Waals surface area contributed by atoms with Gasteiger partial charge in [-0.15, -0.1) is 16.0 Å². The molecule has 11 nitrogen and oxygen atoms in total. The van der Waals surface area contributed by atoms with Crippen molar-refractivity contribution in [3.63, 3.8) is 0 Å². The summed E-state index contributed by atoms with van der Waals surface area (Å²) >= 11 is 1.19. The van der Waals surface area contributed by atoms with Crippen LogP contribution in [0, 0.1) is 11.8 Å². The van der Waals surface area contributed by atoms with Crippen molar-refractivity contribution in [3.05, 3.63) is 53.6 Å². The molecule has 39 heavy (non-hydrogen) atoms. The number of aliphatic carboxylic acids is 1. The Morgan fingerprint density at radius 2 is 2.05 bits per heavy atom. The number of ether oxygens (including phenoxy) is 1. The second kappa shape index (κ2) is 11.4. The van der Waals surface area contributed by atoms with Crippen molar-refractivity contribution in [1.82, 2.24) is 24.8 Å². The zero-order chi connectivity index (χ0) is 27.5. The average Bonchev–Trinajstić information content (AvgIpc) is 3.66. The van der Waals surface area contributed by atoms with E-state index in [9.17, 15) is 18.4 Å². The SMILES string of the molecule is CCOC1CCC([n+]2cc(NC(=O)c3csc(-c4cnn(CC(=O)O)c4)n3)c(-c3nc(F)ccc3F)[nH]2)CC1. The zero-order valence-corrected chi connectivity index (χ0v) is 21.8. The van der Waals surface area contributed by atoms with Gasteiger partial charge in [-0.1, -0.05) is 0 Å². The molecule has 3 N–H and O–H groups in total. The first-order chi connectivity index (χ1) is 18.8. The number of thiazole rings is 1. The summed E-state index contributed by atoms with van der Waals surface area (Å²) in [5.74, 6) is -3.18. The van der Waals surface area contributed by atoms with Crippen LogP contribution in [0.2, 0.25) is 0 Å². The zero-order valence-electron chi connectivity index (χ0n) is 20.9. The number of aromatic amines is 1. The minimum Gasteiger partial charge on any atom is -0.480 e. The van der Waals surface area contributed by atoms with E-state index in [2.05, 4.69) is 25.5 Å². The summed E-state index contributed by atoms with van der Waals surface area (Å²) in [7, 11) is 0. The van der Waals surface area contributed by atoms with E-state index in [1.54, 1.807) is 16.3 Å². The molecule has 1 saturated carbocycles. The summed E-state index contributed by atoms with van der Waals surface area (Å²) in [6, 6.07) is 1.97. The van der Waals surface area contributed by atoms with Gasteiger partial charge in [0, 0.05) is 36.6 Å². The Morgan fingerprint density at radius 3 is 2.79 bits per heavy atom. The Labute approximate surface area is 225 Å². The fourth-order valence-electron chi connectivity index (χ4n) is 4.61. The molecule has 0 aromatic carbocycles. The second-order valence-electron chi connectivity index (χ2n) is 9.10. The minimum absolute atomic E-state index is 0.0518. The highest BCUT2D eigenvalue weighted by atomic mass is 32.1. The van der Waals surface area contributed by atoms with E-state index >= 15 is 0 Å². The summed E-state index contributed by atoms with van der Waals surface area (Å²) < 4.78 is 37.5. The highest BCUT2D eigenvalue weighted by Gasteiger charge is 2.32. The van der Waals surface area contributed by atoms with Crippen LogP contribution in [-0.4, -0.2) is 54.5 Å². The fraction of sp³-hybridized carbons (Fsp3) is 0.360. The molecule has 1 aliphatic rings. The van der Waals surface area contributed by atoms with E-state index in [1.807, 2.05) is 6.92 Å². The lowest BCUT2D eigenvalue weighted by atomic mass is 9.93. The Hall–Kier alpha value is -4.04. The fourth-order valence-corrected chi connectivity index (χ4v) is 5.39. The second-order valence-corrected chi connectivity index (χ2v) is 9.96. The molecule has 0 radical (unpaired) electrons. The summed E-state index contributed by atoms with van der Waals surface area (Å²) in [4.78, 5) is 32.1. The smallest absolute Gasteiger partial charge is 0.325 e. The number of rotatable bonds is 9. The lowest BCUT2D eigenvalue weighted by Gasteiger charge is -2.24. The van der Waals surface area contributed by atoms with E-state index in [1.165, 1.54) is 28.4 Å². The van der Waals surface area contributed by atoms with Gasteiger partial charge >= 0.3 is 5.97 Å². The minimum atomic E-state index is -1.03. The molecular formula is C25H26F2N7O4S+. The van der Waals surface area contributed by atoms with Gasteiger partial charge in [-0.25, -0.2) is 14.4 Å². The molecule has 0 unspecified atom stereocenters. The van der Waals surface area contributed by atoms with Crippen LogP contribution in [0.4, 0.5) is 14.5 Å². The Morgan fingerprint density at radius 1 is 1.26 bits per heavy atom. The first-order valence-electron chi connectivity index (χ1n) is 12.4. The number of aromatic nitrogens is 6. The van der Waals surface area contributed by atoms with Crippen molar-refractivity contribution >= 4 is 28.9 Å². The number of carbonyl (C=O) groups is 2. The molecule has 4 aromatic heterocycles. The third kappa shape index (κ3) is 6.01. The Balaban J connectivity index is 1.40. The maximum atomic E-state index is 14.7. The normalized spacial score (nSPS) is 17.3. The standard InChI is InChI=1S/C25H25F2N7O4S/c1-2-38-16-5-3-15(4-6-16)34-11-18(23(32-34)22-17(26)7-8-20(27)31-22)29-24(37)19-13-39-25(30-19)14-9-28-33(10-14)12-21(35)36/h7-11,13,15-16H,2-6,12H2,1H3,(H2,29,35,36,37)/p+1. The number of nitrogens with zero attached hydrogens (tertiary/aromatic N) is 5. The number of carbonyl (C=O) groups excluding carboxylic acids is 1. The molecular weight excluding hydrogens is 532 g/mol. The first kappa shape index (κ1) is 26.6. The topological polar surface area (TPSA) is 139 Å². The van der Waals surface area contributed by atoms with Gasteiger partial charge in [0.2, 0.25) is 12.1 Å². The number of anilines is 1. The Bertz CT molecular complexity index is 1490. The van der Waals surface area contributed by atoms with E-state index in [-0.39, 0.29) is 41.5 Å². The molecule has 1 amide bonds. The van der Waals surface area contributed by atoms with E-state index < -0.39 is 23.6 Å². The number of pyridine rings is 1. The largest absolute Gasteiger partial charge is 0.480 e. The van der Waals surface area contributed by atoms with Crippen LogP contribution < -0.4 is 10.00 Å². The predicted molar refractivity (Wildman–Crippen MR) is 136 cm³/mol. The highest BCUT2D eigenvalue weighted by Crippen LogP contribution is 2.31. The quantitative estimate of drug-likeness (QED) is 0.210. The van der Waals surface area contributed by atoms with Gasteiger partial charge in [-0.2, -0.15) is 14.6 Å². The number of nitrogens with one attached hydrogen (secondary N) is 2. The molecule has 1 aliphatic carbocycles. The van der Waals surface area contributed by atoms with E-state index in [0.717, 1.165) is 37.8 Å². The van der Waals surface area contributed by atoms with E-state index in [4.69, 9.17) is 9.84 Å². The molecule has 204 valence electrons. The summed E-state index contributed by atoms with van der Waals surface area (Å²) in [5, 5.41) is 20.8. The molecule has 0 bridgehead atoms. The number of carboxylic acid groups (broad SMARTS) is 1. The first-order valence-corrected chi connectivity index (χ1v) is 13.3. The lowest BCUT2D eigenvalue weighted by molar-refractivity contribution is -0.775. The lowest BCUT2D eigenvalue weighted by Crippen LogP contribution is -2.43. The maximum absolute atomic E-state index is 14.7. The molecule has 0 spiro atoms. The van der Waals surface area contributed by atoms with Crippen LogP contribution in [0.25, 0.3) is 22.0 Å². The van der Waals surface area contributed by atoms with Gasteiger partial charge in [-0.3, -0.25) is 14.3 Å². The molecule has 1 fully saturated rings. The van der Waals surface area contributed by atoms with Crippen LogP contribution in [-0.2, 0) is 16.1 Å². The molecule has 0 atom stereocenters. The van der Waals surface area contributed by atoms with Gasteiger partial charge in [0.1, 0.15) is 28.6 Å². The van der Waals surface area contributed by atoms with Crippen LogP contribution >= 0.6 is 11.3 Å². The Kier molecular flexibility index (Phi) is 7.74. The van der Waals surface area contributed by atoms with Gasteiger partial charge in [0.25, 0.3) is 5.91 Å². The molecule has 0 saturated heterocycles. The van der Waals surface area contributed by atoms with Crippen molar-refractivity contribution in [2.45, 2.75) is 51.3 Å². The van der Waals surface area contributed by atoms with Crippen molar-refractivity contribution in [2.24, 2.45) is 0 Å². The van der Waals surface area contributed by atoms with E-state index in [0.29, 0.717) is 17.2 Å². The van der Waals surface area contributed by atoms with Gasteiger partial charge in [0.15, 0.2) is 17.6 Å². The monoisotopic (exact) mass is 558 g/mol. The summed E-state index contributed by atoms with van der Waals surface area (Å²) in [6.07, 6.45) is 8.19. The van der Waals surface area contributed by atoms with Crippen LogP contribution in [0.3, 0.4) is 0 Å². The van der Waals surface area contributed by atoms with Crippen molar-refractivity contribution in [3.8, 4) is 22.0 Å². The highest BCUT2D eigenvalue weighted by molar-refractivity contribution is 7.13. The van der Waals surface area contributed by atoms with Crippen LogP contribution in [0.1, 0.15) is 49.1 Å². The molecule has 4 aromatic rings. The van der Waals surface area contributed by atoms with Crippen molar-refractivity contribution < 1.29 is 32.9 Å². The number of amides is 1. The number of halogens is 2. The third-order valence-corrected chi connectivity index (χ3v) is 7.32. The van der Waals surface area contributed by atoms with Gasteiger partial charge in [0.05, 0.1) is 12.3 Å². The third-order valence-electron chi connectivity index (χ3n) is 6.43. The van der Waals surface area contributed by atoms with Crippen molar-refractivity contribution in [2.75, 3.05) is 11.9 Å². The number of carboxylic acids is 1. The van der Waals surface area contributed by atoms with Crippen LogP contribution in [0.15, 0.2) is 36.1 Å². The molecule has 14 heteroatoms. The maximum Gasteiger partial charge on any atom is 0.325 e.